The first kappa shape index (κ1) is 13.0. The van der Waals surface area contributed by atoms with Crippen molar-refractivity contribution < 1.29 is 14.0 Å². The van der Waals surface area contributed by atoms with E-state index in [1.807, 2.05) is 0 Å². The van der Waals surface area contributed by atoms with Crippen LogP contribution in [0.3, 0.4) is 0 Å². The Bertz CT molecular complexity index is 743. The van der Waals surface area contributed by atoms with E-state index in [1.54, 1.807) is 18.2 Å². The van der Waals surface area contributed by atoms with Gasteiger partial charge in [0.1, 0.15) is 5.82 Å². The summed E-state index contributed by atoms with van der Waals surface area (Å²) in [6.45, 7) is 0. The van der Waals surface area contributed by atoms with Gasteiger partial charge in [-0.25, -0.2) is 4.39 Å². The monoisotopic (exact) mass is 333 g/mol. The molecular formula is C15H9BrFNO2. The molecule has 3 rings (SSSR count). The minimum Gasteiger partial charge on any atom is -0.326 e. The molecule has 1 heterocycles. The third kappa shape index (κ3) is 2.25. The number of amides is 1. The summed E-state index contributed by atoms with van der Waals surface area (Å²) in [5.41, 5.74) is 2.21. The highest BCUT2D eigenvalue weighted by Crippen LogP contribution is 2.27. The Morgan fingerprint density at radius 2 is 2.00 bits per heavy atom. The van der Waals surface area contributed by atoms with Crippen LogP contribution in [0.5, 0.6) is 0 Å². The first-order valence-corrected chi connectivity index (χ1v) is 6.76. The van der Waals surface area contributed by atoms with Crippen molar-refractivity contribution in [2.75, 3.05) is 5.32 Å². The van der Waals surface area contributed by atoms with Crippen molar-refractivity contribution >= 4 is 33.3 Å². The Kier molecular flexibility index (Phi) is 3.14. The highest BCUT2D eigenvalue weighted by molar-refractivity contribution is 9.10. The van der Waals surface area contributed by atoms with E-state index in [1.165, 1.54) is 18.2 Å². The zero-order valence-electron chi connectivity index (χ0n) is 10.2. The maximum Gasteiger partial charge on any atom is 0.228 e. The molecule has 1 N–H and O–H groups in total. The molecule has 0 bridgehead atoms. The van der Waals surface area contributed by atoms with Gasteiger partial charge in [0, 0.05) is 21.3 Å². The molecule has 0 saturated carbocycles. The molecule has 2 aromatic rings. The zero-order chi connectivity index (χ0) is 14.3. The SMILES string of the molecule is O=C1Cc2cc(C(=O)c3cc(F)ccc3Br)ccc2N1. The van der Waals surface area contributed by atoms with E-state index in [9.17, 15) is 14.0 Å². The summed E-state index contributed by atoms with van der Waals surface area (Å²) in [4.78, 5) is 23.7. The zero-order valence-corrected chi connectivity index (χ0v) is 11.8. The van der Waals surface area contributed by atoms with E-state index >= 15 is 0 Å². The van der Waals surface area contributed by atoms with Crippen LogP contribution in [0.2, 0.25) is 0 Å². The molecule has 1 amide bonds. The van der Waals surface area contributed by atoms with Gasteiger partial charge in [-0.3, -0.25) is 9.59 Å². The van der Waals surface area contributed by atoms with Gasteiger partial charge in [-0.2, -0.15) is 0 Å². The summed E-state index contributed by atoms with van der Waals surface area (Å²) < 4.78 is 13.8. The van der Waals surface area contributed by atoms with Crippen molar-refractivity contribution in [3.63, 3.8) is 0 Å². The van der Waals surface area contributed by atoms with Gasteiger partial charge in [0.25, 0.3) is 0 Å². The van der Waals surface area contributed by atoms with Crippen LogP contribution in [0.25, 0.3) is 0 Å². The van der Waals surface area contributed by atoms with Crippen molar-refractivity contribution in [3.8, 4) is 0 Å². The molecule has 0 radical (unpaired) electrons. The molecule has 1 aliphatic heterocycles. The number of rotatable bonds is 2. The normalized spacial score (nSPS) is 13.0. The van der Waals surface area contributed by atoms with Crippen LogP contribution < -0.4 is 5.32 Å². The quantitative estimate of drug-likeness (QED) is 0.857. The van der Waals surface area contributed by atoms with E-state index in [4.69, 9.17) is 0 Å². The molecule has 0 saturated heterocycles. The van der Waals surface area contributed by atoms with E-state index in [2.05, 4.69) is 21.2 Å². The highest BCUT2D eigenvalue weighted by Gasteiger charge is 2.20. The van der Waals surface area contributed by atoms with Gasteiger partial charge in [-0.1, -0.05) is 15.9 Å². The van der Waals surface area contributed by atoms with Crippen molar-refractivity contribution in [2.45, 2.75) is 6.42 Å². The molecule has 0 aliphatic carbocycles. The number of anilines is 1. The number of nitrogens with one attached hydrogen (secondary N) is 1. The Hall–Kier alpha value is -2.01. The van der Waals surface area contributed by atoms with Crippen LogP contribution in [-0.2, 0) is 11.2 Å². The molecule has 0 unspecified atom stereocenters. The van der Waals surface area contributed by atoms with Gasteiger partial charge in [0.2, 0.25) is 5.91 Å². The lowest BCUT2D eigenvalue weighted by molar-refractivity contribution is -0.115. The number of benzene rings is 2. The molecule has 0 aromatic heterocycles. The standard InChI is InChI=1S/C15H9BrFNO2/c16-12-3-2-10(17)7-11(12)15(20)8-1-4-13-9(5-8)6-14(19)18-13/h1-5,7H,6H2,(H,18,19). The van der Waals surface area contributed by atoms with Crippen LogP contribution in [0.15, 0.2) is 40.9 Å². The minimum atomic E-state index is -0.463. The summed E-state index contributed by atoms with van der Waals surface area (Å²) in [5.74, 6) is -0.829. The third-order valence-electron chi connectivity index (χ3n) is 3.17. The number of hydrogen-bond acceptors (Lipinski definition) is 2. The third-order valence-corrected chi connectivity index (χ3v) is 3.86. The van der Waals surface area contributed by atoms with Crippen LogP contribution in [-0.4, -0.2) is 11.7 Å². The van der Waals surface area contributed by atoms with Gasteiger partial charge in [-0.15, -0.1) is 0 Å². The number of ketones is 1. The number of fused-ring (bicyclic) bond motifs is 1. The summed E-state index contributed by atoms with van der Waals surface area (Å²) in [5, 5.41) is 2.70. The number of hydrogen-bond donors (Lipinski definition) is 1. The lowest BCUT2D eigenvalue weighted by atomic mass is 10.0. The van der Waals surface area contributed by atoms with E-state index in [0.717, 1.165) is 11.3 Å². The Morgan fingerprint density at radius 3 is 2.80 bits per heavy atom. The van der Waals surface area contributed by atoms with Crippen LogP contribution >= 0.6 is 15.9 Å². The second kappa shape index (κ2) is 4.83. The minimum absolute atomic E-state index is 0.0865. The Labute approximate surface area is 122 Å². The average molecular weight is 334 g/mol. The maximum atomic E-state index is 13.3. The fourth-order valence-electron chi connectivity index (χ4n) is 2.20. The number of halogens is 2. The second-order valence-corrected chi connectivity index (χ2v) is 5.40. The maximum absolute atomic E-state index is 13.3. The fraction of sp³-hybridized carbons (Fsp3) is 0.0667. The smallest absolute Gasteiger partial charge is 0.228 e. The fourth-order valence-corrected chi connectivity index (χ4v) is 2.62. The summed E-state index contributed by atoms with van der Waals surface area (Å²) in [6, 6.07) is 8.98. The van der Waals surface area contributed by atoms with Crippen LogP contribution in [0, 0.1) is 5.82 Å². The van der Waals surface area contributed by atoms with Gasteiger partial charge in [0.15, 0.2) is 5.78 Å². The van der Waals surface area contributed by atoms with Crippen LogP contribution in [0.4, 0.5) is 10.1 Å². The van der Waals surface area contributed by atoms with Crippen molar-refractivity contribution in [1.29, 1.82) is 0 Å². The van der Waals surface area contributed by atoms with Crippen LogP contribution in [0.1, 0.15) is 21.5 Å². The Balaban J connectivity index is 2.01. The molecule has 3 nitrogen and oxygen atoms in total. The molecular weight excluding hydrogens is 325 g/mol. The average Bonchev–Trinajstić information content (AvgIpc) is 2.79. The summed E-state index contributed by atoms with van der Waals surface area (Å²) in [7, 11) is 0. The predicted octanol–water partition coefficient (Wildman–Crippen LogP) is 3.31. The predicted molar refractivity (Wildman–Crippen MR) is 76.3 cm³/mol. The summed E-state index contributed by atoms with van der Waals surface area (Å²) >= 11 is 3.25. The molecule has 5 heteroatoms. The van der Waals surface area contributed by atoms with Gasteiger partial charge in [0.05, 0.1) is 6.42 Å². The molecule has 0 fully saturated rings. The molecule has 1 aliphatic rings. The van der Waals surface area contributed by atoms with Crippen molar-refractivity contribution in [3.05, 3.63) is 63.4 Å². The first-order chi connectivity index (χ1) is 9.54. The lowest BCUT2D eigenvalue weighted by Gasteiger charge is -2.06. The number of carbonyl (C=O) groups is 2. The van der Waals surface area contributed by atoms with E-state index < -0.39 is 5.82 Å². The molecule has 20 heavy (non-hydrogen) atoms. The molecule has 100 valence electrons. The summed E-state index contributed by atoms with van der Waals surface area (Å²) in [6.07, 6.45) is 0.265. The first-order valence-electron chi connectivity index (χ1n) is 5.97. The lowest BCUT2D eigenvalue weighted by Crippen LogP contribution is -2.03. The van der Waals surface area contributed by atoms with Gasteiger partial charge in [-0.05, 0) is 42.0 Å². The van der Waals surface area contributed by atoms with E-state index in [-0.39, 0.29) is 23.7 Å². The largest absolute Gasteiger partial charge is 0.326 e. The molecule has 0 spiro atoms. The van der Waals surface area contributed by atoms with Gasteiger partial charge < -0.3 is 5.32 Å². The molecule has 0 atom stereocenters. The Morgan fingerprint density at radius 1 is 1.20 bits per heavy atom. The van der Waals surface area contributed by atoms with Crippen molar-refractivity contribution in [1.82, 2.24) is 0 Å². The second-order valence-electron chi connectivity index (χ2n) is 4.55. The number of carbonyl (C=O) groups excluding carboxylic acids is 2. The highest BCUT2D eigenvalue weighted by atomic mass is 79.9. The van der Waals surface area contributed by atoms with Crippen molar-refractivity contribution in [2.24, 2.45) is 0 Å². The molecule has 2 aromatic carbocycles. The van der Waals surface area contributed by atoms with E-state index in [0.29, 0.717) is 10.0 Å². The topological polar surface area (TPSA) is 46.2 Å². The van der Waals surface area contributed by atoms with Gasteiger partial charge >= 0.3 is 0 Å².